The summed E-state index contributed by atoms with van der Waals surface area (Å²) in [4.78, 5) is 4.21. The molecule has 8 heteroatoms. The van der Waals surface area contributed by atoms with Crippen molar-refractivity contribution < 1.29 is 14.7 Å². The lowest BCUT2D eigenvalue weighted by Gasteiger charge is -2.32. The van der Waals surface area contributed by atoms with Crippen molar-refractivity contribution in [1.29, 1.82) is 0 Å². The zero-order valence-corrected chi connectivity index (χ0v) is 18.1. The Bertz CT molecular complexity index is 1070. The zero-order chi connectivity index (χ0) is 22.5. The Morgan fingerprint density at radius 3 is 2.78 bits per heavy atom. The molecule has 1 aliphatic carbocycles. The molecule has 0 spiro atoms. The van der Waals surface area contributed by atoms with Gasteiger partial charge in [-0.3, -0.25) is 0 Å². The molecule has 0 amide bonds. The van der Waals surface area contributed by atoms with Crippen LogP contribution < -0.4 is 11.1 Å². The Balaban J connectivity index is 1.41. The van der Waals surface area contributed by atoms with Crippen LogP contribution in [0.3, 0.4) is 0 Å². The Morgan fingerprint density at radius 2 is 2.09 bits per heavy atom. The Morgan fingerprint density at radius 1 is 1.31 bits per heavy atom. The summed E-state index contributed by atoms with van der Waals surface area (Å²) in [6.45, 7) is 2.79. The van der Waals surface area contributed by atoms with Crippen LogP contribution in [0.4, 0.5) is 0 Å². The lowest BCUT2D eigenvalue weighted by Crippen LogP contribution is -2.41. The SMILES string of the molecule is C[C@H](O)c1nccn1[C@H](CN)c1cc(-c2ccc(C#C[C@H]3C[C@H](NCCO)C3)cc2)on1. The maximum absolute atomic E-state index is 9.95. The first-order chi connectivity index (χ1) is 15.6. The molecular weight excluding hydrogens is 406 g/mol. The summed E-state index contributed by atoms with van der Waals surface area (Å²) >= 11 is 0. The molecule has 32 heavy (non-hydrogen) atoms. The number of hydrogen-bond donors (Lipinski definition) is 4. The minimum absolute atomic E-state index is 0.172. The molecule has 0 aliphatic heterocycles. The lowest BCUT2D eigenvalue weighted by atomic mass is 9.80. The highest BCUT2D eigenvalue weighted by Crippen LogP contribution is 2.28. The standard InChI is InChI=1S/C24H29N5O3/c1-16(31)24-27-8-10-29(24)22(15-25)21-14-23(32-28-21)19-6-4-17(5-7-19)2-3-18-12-20(13-18)26-9-11-30/h4-8,10,14,16,18,20,22,26,30-31H,9,11-13,15,25H2,1H3/t16-,18-,20-,22+/m0/s1. The van der Waals surface area contributed by atoms with Crippen molar-refractivity contribution in [2.45, 2.75) is 38.0 Å². The molecule has 1 saturated carbocycles. The van der Waals surface area contributed by atoms with E-state index in [1.54, 1.807) is 19.3 Å². The number of aliphatic hydroxyl groups excluding tert-OH is 2. The van der Waals surface area contributed by atoms with Gasteiger partial charge in [-0.05, 0) is 44.0 Å². The fraction of sp³-hybridized carbons (Fsp3) is 0.417. The third kappa shape index (κ3) is 4.92. The van der Waals surface area contributed by atoms with Crippen LogP contribution in [-0.2, 0) is 0 Å². The summed E-state index contributed by atoms with van der Waals surface area (Å²) in [6, 6.07) is 9.97. The smallest absolute Gasteiger partial charge is 0.167 e. The second kappa shape index (κ2) is 10.1. The first-order valence-corrected chi connectivity index (χ1v) is 10.9. The molecule has 2 aromatic heterocycles. The van der Waals surface area contributed by atoms with E-state index in [4.69, 9.17) is 15.4 Å². The van der Waals surface area contributed by atoms with Gasteiger partial charge in [0.05, 0.1) is 12.6 Å². The van der Waals surface area contributed by atoms with E-state index < -0.39 is 6.10 Å². The van der Waals surface area contributed by atoms with Crippen LogP contribution >= 0.6 is 0 Å². The Labute approximate surface area is 187 Å². The maximum atomic E-state index is 9.95. The minimum atomic E-state index is -0.707. The molecule has 5 N–H and O–H groups in total. The molecule has 0 unspecified atom stereocenters. The van der Waals surface area contributed by atoms with Crippen LogP contribution in [0.2, 0.25) is 0 Å². The quantitative estimate of drug-likeness (QED) is 0.398. The number of rotatable bonds is 8. The van der Waals surface area contributed by atoms with Gasteiger partial charge in [0.1, 0.15) is 17.6 Å². The molecule has 4 rings (SSSR count). The van der Waals surface area contributed by atoms with Crippen LogP contribution in [0.5, 0.6) is 0 Å². The maximum Gasteiger partial charge on any atom is 0.167 e. The second-order valence-corrected chi connectivity index (χ2v) is 8.13. The average molecular weight is 436 g/mol. The fourth-order valence-corrected chi connectivity index (χ4v) is 3.94. The van der Waals surface area contributed by atoms with Gasteiger partial charge in [-0.25, -0.2) is 4.98 Å². The molecule has 1 fully saturated rings. The first-order valence-electron chi connectivity index (χ1n) is 10.9. The predicted octanol–water partition coefficient (Wildman–Crippen LogP) is 1.85. The fourth-order valence-electron chi connectivity index (χ4n) is 3.94. The second-order valence-electron chi connectivity index (χ2n) is 8.13. The molecule has 168 valence electrons. The Hall–Kier alpha value is -2.96. The number of nitrogens with zero attached hydrogens (tertiary/aromatic N) is 3. The third-order valence-corrected chi connectivity index (χ3v) is 5.77. The van der Waals surface area contributed by atoms with Crippen molar-refractivity contribution in [1.82, 2.24) is 20.0 Å². The lowest BCUT2D eigenvalue weighted by molar-refractivity contribution is 0.182. The number of nitrogens with two attached hydrogens (primary N) is 1. The third-order valence-electron chi connectivity index (χ3n) is 5.77. The molecule has 1 aliphatic rings. The topological polar surface area (TPSA) is 122 Å². The van der Waals surface area contributed by atoms with Crippen molar-refractivity contribution in [2.75, 3.05) is 19.7 Å². The molecule has 1 aromatic carbocycles. The van der Waals surface area contributed by atoms with Crippen LogP contribution in [0.1, 0.15) is 49.0 Å². The normalized spacial score (nSPS) is 19.6. The van der Waals surface area contributed by atoms with Crippen molar-refractivity contribution in [3.05, 3.63) is 59.8 Å². The number of benzene rings is 1. The summed E-state index contributed by atoms with van der Waals surface area (Å²) in [7, 11) is 0. The monoisotopic (exact) mass is 435 g/mol. The van der Waals surface area contributed by atoms with Gasteiger partial charge in [0.25, 0.3) is 0 Å². The number of imidazole rings is 1. The van der Waals surface area contributed by atoms with Gasteiger partial charge in [0.15, 0.2) is 5.76 Å². The summed E-state index contributed by atoms with van der Waals surface area (Å²) in [6.07, 6.45) is 4.78. The summed E-state index contributed by atoms with van der Waals surface area (Å²) in [5.74, 6) is 8.16. The zero-order valence-electron chi connectivity index (χ0n) is 18.1. The number of nitrogens with one attached hydrogen (secondary N) is 1. The van der Waals surface area contributed by atoms with E-state index in [1.807, 2.05) is 34.9 Å². The van der Waals surface area contributed by atoms with Gasteiger partial charge in [-0.15, -0.1) is 0 Å². The van der Waals surface area contributed by atoms with E-state index in [9.17, 15) is 5.11 Å². The number of aromatic nitrogens is 3. The minimum Gasteiger partial charge on any atom is -0.395 e. The summed E-state index contributed by atoms with van der Waals surface area (Å²) in [5, 5.41) is 26.3. The largest absolute Gasteiger partial charge is 0.395 e. The molecule has 3 aromatic rings. The van der Waals surface area contributed by atoms with Crippen LogP contribution in [0, 0.1) is 17.8 Å². The van der Waals surface area contributed by atoms with E-state index in [1.165, 1.54) is 0 Å². The molecule has 8 nitrogen and oxygen atoms in total. The van der Waals surface area contributed by atoms with Crippen molar-refractivity contribution in [3.8, 4) is 23.2 Å². The number of aliphatic hydroxyl groups is 2. The van der Waals surface area contributed by atoms with Gasteiger partial charge in [0, 0.05) is 54.6 Å². The molecular formula is C24H29N5O3. The van der Waals surface area contributed by atoms with Crippen molar-refractivity contribution in [3.63, 3.8) is 0 Å². The summed E-state index contributed by atoms with van der Waals surface area (Å²) in [5.41, 5.74) is 8.54. The average Bonchev–Trinajstić information content (AvgIpc) is 3.44. The van der Waals surface area contributed by atoms with E-state index in [-0.39, 0.29) is 12.6 Å². The van der Waals surface area contributed by atoms with E-state index in [2.05, 4.69) is 27.3 Å². The first kappa shape index (κ1) is 22.2. The van der Waals surface area contributed by atoms with Gasteiger partial charge in [-0.1, -0.05) is 17.0 Å². The van der Waals surface area contributed by atoms with Crippen LogP contribution in [0.25, 0.3) is 11.3 Å². The van der Waals surface area contributed by atoms with E-state index in [0.29, 0.717) is 42.3 Å². The highest BCUT2D eigenvalue weighted by atomic mass is 16.5. The van der Waals surface area contributed by atoms with Gasteiger partial charge < -0.3 is 30.4 Å². The van der Waals surface area contributed by atoms with Crippen molar-refractivity contribution >= 4 is 0 Å². The molecule has 2 heterocycles. The molecule has 2 atom stereocenters. The molecule has 0 radical (unpaired) electrons. The van der Waals surface area contributed by atoms with Gasteiger partial charge in [0.2, 0.25) is 0 Å². The summed E-state index contributed by atoms with van der Waals surface area (Å²) < 4.78 is 7.41. The van der Waals surface area contributed by atoms with Crippen molar-refractivity contribution in [2.24, 2.45) is 11.7 Å². The highest BCUT2D eigenvalue weighted by molar-refractivity contribution is 5.59. The number of hydrogen-bond acceptors (Lipinski definition) is 7. The predicted molar refractivity (Wildman–Crippen MR) is 120 cm³/mol. The van der Waals surface area contributed by atoms with E-state index >= 15 is 0 Å². The molecule has 0 bridgehead atoms. The van der Waals surface area contributed by atoms with Crippen LogP contribution in [-0.4, -0.2) is 50.7 Å². The highest BCUT2D eigenvalue weighted by Gasteiger charge is 2.26. The molecule has 0 saturated heterocycles. The van der Waals surface area contributed by atoms with Gasteiger partial charge >= 0.3 is 0 Å². The van der Waals surface area contributed by atoms with E-state index in [0.717, 1.165) is 24.0 Å². The van der Waals surface area contributed by atoms with Crippen LogP contribution in [0.15, 0.2) is 47.2 Å². The van der Waals surface area contributed by atoms with Gasteiger partial charge in [-0.2, -0.15) is 0 Å². The Kier molecular flexibility index (Phi) is 7.02.